The van der Waals surface area contributed by atoms with Gasteiger partial charge in [-0.2, -0.15) is 0 Å². The summed E-state index contributed by atoms with van der Waals surface area (Å²) in [6, 6.07) is 3.87. The maximum Gasteiger partial charge on any atom is 0.192 e. The summed E-state index contributed by atoms with van der Waals surface area (Å²) in [5.74, 6) is -0.351. The predicted octanol–water partition coefficient (Wildman–Crippen LogP) is 2.83. The van der Waals surface area contributed by atoms with Crippen LogP contribution in [0.4, 0.5) is 4.39 Å². The van der Waals surface area contributed by atoms with E-state index in [4.69, 9.17) is 9.47 Å². The Morgan fingerprint density at radius 2 is 2.18 bits per heavy atom. The van der Waals surface area contributed by atoms with Gasteiger partial charge in [0.15, 0.2) is 5.78 Å². The Morgan fingerprint density at radius 1 is 1.41 bits per heavy atom. The van der Waals surface area contributed by atoms with E-state index in [0.29, 0.717) is 12.4 Å². The van der Waals surface area contributed by atoms with Gasteiger partial charge in [-0.15, -0.1) is 0 Å². The molecule has 0 heterocycles. The van der Waals surface area contributed by atoms with Crippen LogP contribution in [0.1, 0.15) is 30.1 Å². The number of benzene rings is 1. The molecule has 0 unspecified atom stereocenters. The van der Waals surface area contributed by atoms with Gasteiger partial charge < -0.3 is 9.47 Å². The van der Waals surface area contributed by atoms with Crippen molar-refractivity contribution in [1.29, 1.82) is 0 Å². The average molecular weight is 240 g/mol. The molecule has 0 aromatic heterocycles. The van der Waals surface area contributed by atoms with E-state index in [2.05, 4.69) is 0 Å². The van der Waals surface area contributed by atoms with Crippen molar-refractivity contribution < 1.29 is 18.7 Å². The molecule has 0 aliphatic rings. The van der Waals surface area contributed by atoms with Crippen LogP contribution in [-0.4, -0.2) is 26.1 Å². The van der Waals surface area contributed by atoms with Gasteiger partial charge in [0.2, 0.25) is 0 Å². The van der Waals surface area contributed by atoms with E-state index >= 15 is 0 Å². The fourth-order valence-electron chi connectivity index (χ4n) is 1.39. The minimum absolute atomic E-state index is 0.0419. The van der Waals surface area contributed by atoms with E-state index in [1.807, 2.05) is 6.92 Å². The molecule has 0 N–H and O–H groups in total. The lowest BCUT2D eigenvalue weighted by atomic mass is 10.1. The van der Waals surface area contributed by atoms with Crippen LogP contribution in [0.5, 0.6) is 5.75 Å². The fourth-order valence-corrected chi connectivity index (χ4v) is 1.39. The summed E-state index contributed by atoms with van der Waals surface area (Å²) >= 11 is 0. The zero-order valence-electron chi connectivity index (χ0n) is 10.2. The Labute approximate surface area is 101 Å². The zero-order chi connectivity index (χ0) is 12.7. The molecule has 0 atom stereocenters. The molecule has 0 radical (unpaired) electrons. The molecule has 1 aromatic carbocycles. The highest BCUT2D eigenvalue weighted by Gasteiger charge is 2.13. The minimum Gasteiger partial charge on any atom is -0.496 e. The smallest absolute Gasteiger partial charge is 0.192 e. The Balaban J connectivity index is 2.64. The van der Waals surface area contributed by atoms with Crippen molar-refractivity contribution in [3.05, 3.63) is 29.6 Å². The molecule has 17 heavy (non-hydrogen) atoms. The average Bonchev–Trinajstić information content (AvgIpc) is 2.34. The van der Waals surface area contributed by atoms with Crippen LogP contribution in [0.3, 0.4) is 0 Å². The standard InChI is InChI=1S/C13H17FO3/c1-3-4-7-17-9-12(15)11-8-10(14)5-6-13(11)16-2/h5-6,8H,3-4,7,9H2,1-2H3. The van der Waals surface area contributed by atoms with Crippen LogP contribution in [0, 0.1) is 5.82 Å². The summed E-state index contributed by atoms with van der Waals surface area (Å²) in [6.07, 6.45) is 1.92. The van der Waals surface area contributed by atoms with Crippen LogP contribution in [0.2, 0.25) is 0 Å². The first-order valence-electron chi connectivity index (χ1n) is 5.63. The van der Waals surface area contributed by atoms with Crippen molar-refractivity contribution in [2.24, 2.45) is 0 Å². The number of methoxy groups -OCH3 is 1. The van der Waals surface area contributed by atoms with Crippen LogP contribution >= 0.6 is 0 Å². The third kappa shape index (κ3) is 4.15. The van der Waals surface area contributed by atoms with Crippen molar-refractivity contribution in [3.8, 4) is 5.75 Å². The van der Waals surface area contributed by atoms with Gasteiger partial charge in [0.05, 0.1) is 12.7 Å². The Kier molecular flexibility index (Phi) is 5.63. The van der Waals surface area contributed by atoms with Gasteiger partial charge in [0.25, 0.3) is 0 Å². The van der Waals surface area contributed by atoms with Gasteiger partial charge in [0, 0.05) is 6.61 Å². The molecule has 1 rings (SSSR count). The molecule has 4 heteroatoms. The molecule has 3 nitrogen and oxygen atoms in total. The summed E-state index contributed by atoms with van der Waals surface area (Å²) < 4.78 is 23.2. The number of Topliss-reactive ketones (excluding diaryl/α,β-unsaturated/α-hetero) is 1. The summed E-state index contributed by atoms with van der Waals surface area (Å²) in [5, 5.41) is 0. The maximum absolute atomic E-state index is 13.0. The number of hydrogen-bond acceptors (Lipinski definition) is 3. The van der Waals surface area contributed by atoms with E-state index in [-0.39, 0.29) is 18.0 Å². The number of carbonyl (C=O) groups is 1. The highest BCUT2D eigenvalue weighted by molar-refractivity contribution is 5.99. The number of carbonyl (C=O) groups excluding carboxylic acids is 1. The molecule has 0 bridgehead atoms. The normalized spacial score (nSPS) is 10.3. The third-order valence-corrected chi connectivity index (χ3v) is 2.34. The van der Waals surface area contributed by atoms with Gasteiger partial charge >= 0.3 is 0 Å². The molecule has 0 spiro atoms. The largest absolute Gasteiger partial charge is 0.496 e. The highest BCUT2D eigenvalue weighted by atomic mass is 19.1. The number of halogens is 1. The van der Waals surface area contributed by atoms with Crippen molar-refractivity contribution >= 4 is 5.78 Å². The molecular formula is C13H17FO3. The van der Waals surface area contributed by atoms with Crippen LogP contribution < -0.4 is 4.74 Å². The molecule has 0 aliphatic heterocycles. The first-order valence-corrected chi connectivity index (χ1v) is 5.63. The fraction of sp³-hybridized carbons (Fsp3) is 0.462. The maximum atomic E-state index is 13.0. The second-order valence-corrected chi connectivity index (χ2v) is 3.67. The monoisotopic (exact) mass is 240 g/mol. The summed E-state index contributed by atoms with van der Waals surface area (Å²) in [7, 11) is 1.45. The van der Waals surface area contributed by atoms with Gasteiger partial charge in [-0.25, -0.2) is 4.39 Å². The van der Waals surface area contributed by atoms with Crippen LogP contribution in [0.25, 0.3) is 0 Å². The molecule has 94 valence electrons. The van der Waals surface area contributed by atoms with Gasteiger partial charge in [-0.3, -0.25) is 4.79 Å². The number of ether oxygens (including phenoxy) is 2. The Hall–Kier alpha value is -1.42. The van der Waals surface area contributed by atoms with E-state index in [1.54, 1.807) is 0 Å². The van der Waals surface area contributed by atoms with E-state index < -0.39 is 5.82 Å². The first kappa shape index (κ1) is 13.6. The summed E-state index contributed by atoms with van der Waals surface area (Å²) in [5.41, 5.74) is 0.226. The number of unbranched alkanes of at least 4 members (excludes halogenated alkanes) is 1. The van der Waals surface area contributed by atoms with Crippen molar-refractivity contribution in [3.63, 3.8) is 0 Å². The second kappa shape index (κ2) is 7.01. The topological polar surface area (TPSA) is 35.5 Å². The van der Waals surface area contributed by atoms with Crippen molar-refractivity contribution in [2.75, 3.05) is 20.3 Å². The van der Waals surface area contributed by atoms with Gasteiger partial charge in [0.1, 0.15) is 18.2 Å². The SMILES string of the molecule is CCCCOCC(=O)c1cc(F)ccc1OC. The lowest BCUT2D eigenvalue weighted by molar-refractivity contribution is 0.0751. The third-order valence-electron chi connectivity index (χ3n) is 2.34. The quantitative estimate of drug-likeness (QED) is 0.543. The van der Waals surface area contributed by atoms with Crippen LogP contribution in [-0.2, 0) is 4.74 Å². The lowest BCUT2D eigenvalue weighted by Gasteiger charge is -2.08. The Morgan fingerprint density at radius 3 is 2.82 bits per heavy atom. The van der Waals surface area contributed by atoms with Crippen molar-refractivity contribution in [2.45, 2.75) is 19.8 Å². The summed E-state index contributed by atoms with van der Waals surface area (Å²) in [6.45, 7) is 2.54. The summed E-state index contributed by atoms with van der Waals surface area (Å²) in [4.78, 5) is 11.8. The van der Waals surface area contributed by atoms with E-state index in [0.717, 1.165) is 12.8 Å². The number of rotatable bonds is 7. The number of ketones is 1. The van der Waals surface area contributed by atoms with E-state index in [9.17, 15) is 9.18 Å². The highest BCUT2D eigenvalue weighted by Crippen LogP contribution is 2.19. The number of hydrogen-bond donors (Lipinski definition) is 0. The molecule has 1 aromatic rings. The molecule has 0 aliphatic carbocycles. The van der Waals surface area contributed by atoms with Gasteiger partial charge in [-0.1, -0.05) is 13.3 Å². The molecule has 0 fully saturated rings. The van der Waals surface area contributed by atoms with Crippen LogP contribution in [0.15, 0.2) is 18.2 Å². The molecular weight excluding hydrogens is 223 g/mol. The molecule has 0 saturated carbocycles. The van der Waals surface area contributed by atoms with Crippen molar-refractivity contribution in [1.82, 2.24) is 0 Å². The molecule has 0 amide bonds. The predicted molar refractivity (Wildman–Crippen MR) is 63.0 cm³/mol. The Bertz CT molecular complexity index is 377. The second-order valence-electron chi connectivity index (χ2n) is 3.67. The first-order chi connectivity index (χ1) is 8.19. The molecule has 0 saturated heterocycles. The minimum atomic E-state index is -0.456. The lowest BCUT2D eigenvalue weighted by Crippen LogP contribution is -2.11. The zero-order valence-corrected chi connectivity index (χ0v) is 10.2. The van der Waals surface area contributed by atoms with Gasteiger partial charge in [-0.05, 0) is 24.6 Å². The van der Waals surface area contributed by atoms with E-state index in [1.165, 1.54) is 25.3 Å².